The highest BCUT2D eigenvalue weighted by Gasteiger charge is 2.11. The Morgan fingerprint density at radius 1 is 0.957 bits per heavy atom. The number of benzene rings is 2. The van der Waals surface area contributed by atoms with Crippen LogP contribution in [0.3, 0.4) is 0 Å². The Morgan fingerprint density at radius 2 is 1.65 bits per heavy atom. The molecule has 0 saturated carbocycles. The Bertz CT molecular complexity index is 684. The fraction of sp³-hybridized carbons (Fsp3) is 0.294. The summed E-state index contributed by atoms with van der Waals surface area (Å²) in [4.78, 5) is 0.262. The van der Waals surface area contributed by atoms with Crippen LogP contribution in [0.25, 0.3) is 0 Å². The Kier molecular flexibility index (Phi) is 6.58. The van der Waals surface area contributed by atoms with Gasteiger partial charge in [0.05, 0.1) is 25.2 Å². The molecule has 6 heteroatoms. The molecule has 0 aliphatic rings. The molecule has 0 aliphatic carbocycles. The van der Waals surface area contributed by atoms with Crippen molar-refractivity contribution in [1.82, 2.24) is 4.72 Å². The molecule has 124 valence electrons. The van der Waals surface area contributed by atoms with E-state index in [-0.39, 0.29) is 11.4 Å². The average molecular weight is 335 g/mol. The van der Waals surface area contributed by atoms with E-state index in [9.17, 15) is 8.42 Å². The number of methoxy groups -OCH3 is 1. The third-order valence-corrected chi connectivity index (χ3v) is 4.76. The van der Waals surface area contributed by atoms with Crippen LogP contribution in [0.15, 0.2) is 59.5 Å². The molecule has 0 aromatic heterocycles. The summed E-state index contributed by atoms with van der Waals surface area (Å²) in [6, 6.07) is 16.1. The fourth-order valence-corrected chi connectivity index (χ4v) is 3.05. The Morgan fingerprint density at radius 3 is 2.30 bits per heavy atom. The summed E-state index contributed by atoms with van der Waals surface area (Å²) in [5.74, 6) is 0.824. The van der Waals surface area contributed by atoms with Crippen molar-refractivity contribution in [1.29, 1.82) is 0 Å². The van der Waals surface area contributed by atoms with Crippen LogP contribution in [-0.2, 0) is 21.2 Å². The standard InChI is InChI=1S/C17H21NO4S/c1-21-16-9-7-15(8-10-16)11-13-22-14-12-18-23(19,20)17-5-3-2-4-6-17/h2-10,18H,11-14H2,1H3. The maximum absolute atomic E-state index is 12.0. The lowest BCUT2D eigenvalue weighted by Gasteiger charge is -2.08. The van der Waals surface area contributed by atoms with Gasteiger partial charge in [-0.25, -0.2) is 13.1 Å². The maximum Gasteiger partial charge on any atom is 0.240 e. The van der Waals surface area contributed by atoms with Crippen LogP contribution >= 0.6 is 0 Å². The van der Waals surface area contributed by atoms with Crippen molar-refractivity contribution >= 4 is 10.0 Å². The van der Waals surface area contributed by atoms with E-state index in [4.69, 9.17) is 9.47 Å². The predicted molar refractivity (Wildman–Crippen MR) is 89.1 cm³/mol. The van der Waals surface area contributed by atoms with Crippen molar-refractivity contribution in [3.63, 3.8) is 0 Å². The van der Waals surface area contributed by atoms with Crippen molar-refractivity contribution < 1.29 is 17.9 Å². The molecule has 0 heterocycles. The second-order valence-corrected chi connectivity index (χ2v) is 6.69. The summed E-state index contributed by atoms with van der Waals surface area (Å²) in [5.41, 5.74) is 1.15. The van der Waals surface area contributed by atoms with Gasteiger partial charge in [-0.2, -0.15) is 0 Å². The van der Waals surface area contributed by atoms with E-state index in [0.717, 1.165) is 17.7 Å². The van der Waals surface area contributed by atoms with Gasteiger partial charge in [-0.1, -0.05) is 30.3 Å². The summed E-state index contributed by atoms with van der Waals surface area (Å²) in [5, 5.41) is 0. The Hall–Kier alpha value is -1.89. The van der Waals surface area contributed by atoms with Gasteiger partial charge in [0.1, 0.15) is 5.75 Å². The molecule has 0 bridgehead atoms. The van der Waals surface area contributed by atoms with Gasteiger partial charge < -0.3 is 9.47 Å². The average Bonchev–Trinajstić information content (AvgIpc) is 2.59. The minimum atomic E-state index is -3.45. The quantitative estimate of drug-likeness (QED) is 0.714. The van der Waals surface area contributed by atoms with E-state index >= 15 is 0 Å². The minimum absolute atomic E-state index is 0.250. The van der Waals surface area contributed by atoms with Crippen LogP contribution in [-0.4, -0.2) is 35.3 Å². The van der Waals surface area contributed by atoms with Gasteiger partial charge in [0.2, 0.25) is 10.0 Å². The third-order valence-electron chi connectivity index (χ3n) is 3.29. The largest absolute Gasteiger partial charge is 0.497 e. The molecule has 2 aromatic carbocycles. The number of hydrogen-bond donors (Lipinski definition) is 1. The van der Waals surface area contributed by atoms with E-state index in [1.807, 2.05) is 24.3 Å². The summed E-state index contributed by atoms with van der Waals surface area (Å²) in [7, 11) is -1.82. The van der Waals surface area contributed by atoms with Crippen LogP contribution < -0.4 is 9.46 Å². The second-order valence-electron chi connectivity index (χ2n) is 4.92. The smallest absolute Gasteiger partial charge is 0.240 e. The lowest BCUT2D eigenvalue weighted by Crippen LogP contribution is -2.27. The van der Waals surface area contributed by atoms with E-state index in [1.165, 1.54) is 0 Å². The predicted octanol–water partition coefficient (Wildman–Crippen LogP) is 2.23. The minimum Gasteiger partial charge on any atom is -0.497 e. The molecular formula is C17H21NO4S. The SMILES string of the molecule is COc1ccc(CCOCCNS(=O)(=O)c2ccccc2)cc1. The number of sulfonamides is 1. The van der Waals surface area contributed by atoms with Crippen molar-refractivity contribution in [3.8, 4) is 5.75 Å². The molecule has 23 heavy (non-hydrogen) atoms. The van der Waals surface area contributed by atoms with Gasteiger partial charge in [-0.15, -0.1) is 0 Å². The molecule has 0 amide bonds. The van der Waals surface area contributed by atoms with E-state index in [0.29, 0.717) is 13.2 Å². The monoisotopic (exact) mass is 335 g/mol. The highest BCUT2D eigenvalue weighted by molar-refractivity contribution is 7.89. The first-order valence-electron chi connectivity index (χ1n) is 7.37. The van der Waals surface area contributed by atoms with Gasteiger partial charge in [0, 0.05) is 6.54 Å². The second kappa shape index (κ2) is 8.67. The van der Waals surface area contributed by atoms with Crippen LogP contribution in [0.1, 0.15) is 5.56 Å². The number of nitrogens with one attached hydrogen (secondary N) is 1. The van der Waals surface area contributed by atoms with Crippen molar-refractivity contribution in [2.75, 3.05) is 26.9 Å². The number of hydrogen-bond acceptors (Lipinski definition) is 4. The summed E-state index contributed by atoms with van der Waals surface area (Å²) >= 11 is 0. The lowest BCUT2D eigenvalue weighted by molar-refractivity contribution is 0.142. The molecule has 1 N–H and O–H groups in total. The third kappa shape index (κ3) is 5.67. The molecule has 0 aliphatic heterocycles. The highest BCUT2D eigenvalue weighted by atomic mass is 32.2. The molecule has 0 radical (unpaired) electrons. The molecule has 2 rings (SSSR count). The maximum atomic E-state index is 12.0. The summed E-state index contributed by atoms with van der Waals surface area (Å²) < 4.78 is 37.0. The zero-order valence-electron chi connectivity index (χ0n) is 13.1. The molecule has 0 spiro atoms. The van der Waals surface area contributed by atoms with Gasteiger partial charge in [0.25, 0.3) is 0 Å². The molecule has 0 unspecified atom stereocenters. The number of ether oxygens (including phenoxy) is 2. The van der Waals surface area contributed by atoms with Crippen molar-refractivity contribution in [2.24, 2.45) is 0 Å². The van der Waals surface area contributed by atoms with Crippen molar-refractivity contribution in [2.45, 2.75) is 11.3 Å². The van der Waals surface area contributed by atoms with Crippen LogP contribution in [0.4, 0.5) is 0 Å². The first-order chi connectivity index (χ1) is 11.1. The van der Waals surface area contributed by atoms with Crippen LogP contribution in [0.2, 0.25) is 0 Å². The Labute approximate surface area is 137 Å². The first kappa shape index (κ1) is 17.5. The molecular weight excluding hydrogens is 314 g/mol. The topological polar surface area (TPSA) is 64.6 Å². The van der Waals surface area contributed by atoms with E-state index in [1.54, 1.807) is 37.4 Å². The fourth-order valence-electron chi connectivity index (χ4n) is 2.02. The Balaban J connectivity index is 1.66. The normalized spacial score (nSPS) is 11.3. The molecule has 2 aromatic rings. The highest BCUT2D eigenvalue weighted by Crippen LogP contribution is 2.11. The zero-order valence-corrected chi connectivity index (χ0v) is 13.9. The zero-order chi connectivity index (χ0) is 16.5. The molecule has 5 nitrogen and oxygen atoms in total. The molecule has 0 fully saturated rings. The van der Waals surface area contributed by atoms with Crippen LogP contribution in [0.5, 0.6) is 5.75 Å². The molecule has 0 atom stereocenters. The van der Waals surface area contributed by atoms with Gasteiger partial charge in [-0.05, 0) is 36.2 Å². The number of rotatable bonds is 9. The van der Waals surface area contributed by atoms with Crippen LogP contribution in [0, 0.1) is 0 Å². The van der Waals surface area contributed by atoms with E-state index < -0.39 is 10.0 Å². The molecule has 0 saturated heterocycles. The lowest BCUT2D eigenvalue weighted by atomic mass is 10.1. The summed E-state index contributed by atoms with van der Waals surface area (Å²) in [6.07, 6.45) is 0.773. The summed E-state index contributed by atoms with van der Waals surface area (Å²) in [6.45, 7) is 1.13. The van der Waals surface area contributed by atoms with E-state index in [2.05, 4.69) is 4.72 Å². The van der Waals surface area contributed by atoms with Gasteiger partial charge in [0.15, 0.2) is 0 Å². The van der Waals surface area contributed by atoms with Gasteiger partial charge in [-0.3, -0.25) is 0 Å². The van der Waals surface area contributed by atoms with Gasteiger partial charge >= 0.3 is 0 Å². The van der Waals surface area contributed by atoms with Crippen molar-refractivity contribution in [3.05, 3.63) is 60.2 Å². The first-order valence-corrected chi connectivity index (χ1v) is 8.85.